The molecule has 1 aliphatic rings. The predicted molar refractivity (Wildman–Crippen MR) is 63.5 cm³/mol. The van der Waals surface area contributed by atoms with Crippen LogP contribution in [0.25, 0.3) is 0 Å². The lowest BCUT2D eigenvalue weighted by Crippen LogP contribution is -2.44. The van der Waals surface area contributed by atoms with E-state index in [4.69, 9.17) is 16.7 Å². The maximum atomic E-state index is 11.9. The summed E-state index contributed by atoms with van der Waals surface area (Å²) in [7, 11) is 0. The average molecular weight is 258 g/mol. The van der Waals surface area contributed by atoms with Crippen LogP contribution in [0, 0.1) is 0 Å². The molecule has 0 bridgehead atoms. The molecule has 17 heavy (non-hydrogen) atoms. The van der Waals surface area contributed by atoms with Crippen molar-refractivity contribution in [3.63, 3.8) is 0 Å². The smallest absolute Gasteiger partial charge is 0.224 e. The number of amides is 1. The predicted octanol–water partition coefficient (Wildman–Crippen LogP) is 0.735. The summed E-state index contributed by atoms with van der Waals surface area (Å²) in [4.78, 5) is 13.7. The number of aliphatic hydroxyl groups is 1. The van der Waals surface area contributed by atoms with Gasteiger partial charge >= 0.3 is 0 Å². The van der Waals surface area contributed by atoms with Gasteiger partial charge in [0.05, 0.1) is 31.1 Å². The molecule has 1 amide bonds. The van der Waals surface area contributed by atoms with E-state index in [0.29, 0.717) is 31.1 Å². The number of fused-ring (bicyclic) bond motifs is 1. The number of aromatic nitrogens is 2. The number of carbonyl (C=O) groups excluding carboxylic acids is 1. The quantitative estimate of drug-likeness (QED) is 0.813. The molecule has 0 fully saturated rings. The Morgan fingerprint density at radius 3 is 3.12 bits per heavy atom. The fraction of sp³-hybridized carbons (Fsp3) is 0.636. The van der Waals surface area contributed by atoms with E-state index in [1.807, 2.05) is 22.6 Å². The third-order valence-electron chi connectivity index (χ3n) is 3.01. The van der Waals surface area contributed by atoms with E-state index < -0.39 is 0 Å². The third-order valence-corrected chi connectivity index (χ3v) is 3.20. The van der Waals surface area contributed by atoms with Crippen molar-refractivity contribution >= 4 is 17.5 Å². The molecule has 1 aromatic rings. The second kappa shape index (κ2) is 5.06. The Hall–Kier alpha value is -1.07. The van der Waals surface area contributed by atoms with E-state index in [1.54, 1.807) is 0 Å². The molecule has 0 unspecified atom stereocenters. The maximum Gasteiger partial charge on any atom is 0.224 e. The van der Waals surface area contributed by atoms with Gasteiger partial charge in [0, 0.05) is 18.3 Å². The van der Waals surface area contributed by atoms with E-state index in [2.05, 4.69) is 5.10 Å². The van der Waals surface area contributed by atoms with Gasteiger partial charge in [-0.2, -0.15) is 5.10 Å². The number of nitrogens with zero attached hydrogens (tertiary/aromatic N) is 3. The van der Waals surface area contributed by atoms with Crippen LogP contribution in [0.2, 0.25) is 0 Å². The van der Waals surface area contributed by atoms with Gasteiger partial charge in [-0.15, -0.1) is 11.6 Å². The molecule has 2 heterocycles. The number of hydrogen-bond donors (Lipinski definition) is 1. The Morgan fingerprint density at radius 2 is 2.47 bits per heavy atom. The van der Waals surface area contributed by atoms with Gasteiger partial charge in [-0.25, -0.2) is 0 Å². The fourth-order valence-corrected chi connectivity index (χ4v) is 2.28. The van der Waals surface area contributed by atoms with Crippen LogP contribution in [0.4, 0.5) is 0 Å². The summed E-state index contributed by atoms with van der Waals surface area (Å²) < 4.78 is 1.86. The van der Waals surface area contributed by atoms with Gasteiger partial charge in [0.1, 0.15) is 0 Å². The van der Waals surface area contributed by atoms with Gasteiger partial charge in [0.15, 0.2) is 0 Å². The first-order valence-electron chi connectivity index (χ1n) is 5.67. The number of aliphatic hydroxyl groups excluding tert-OH is 1. The van der Waals surface area contributed by atoms with Gasteiger partial charge in [-0.3, -0.25) is 9.48 Å². The number of carbonyl (C=O) groups is 1. The Morgan fingerprint density at radius 1 is 1.71 bits per heavy atom. The highest BCUT2D eigenvalue weighted by molar-refractivity contribution is 6.18. The van der Waals surface area contributed by atoms with Gasteiger partial charge < -0.3 is 10.0 Å². The third kappa shape index (κ3) is 2.45. The molecular formula is C11H16ClN3O2. The monoisotopic (exact) mass is 257 g/mol. The van der Waals surface area contributed by atoms with Gasteiger partial charge in [-0.1, -0.05) is 0 Å². The summed E-state index contributed by atoms with van der Waals surface area (Å²) in [6.45, 7) is 3.15. The molecule has 1 atom stereocenters. The van der Waals surface area contributed by atoms with Crippen molar-refractivity contribution in [3.05, 3.63) is 17.5 Å². The van der Waals surface area contributed by atoms with Crippen molar-refractivity contribution in [1.82, 2.24) is 14.7 Å². The van der Waals surface area contributed by atoms with Crippen molar-refractivity contribution in [2.75, 3.05) is 5.88 Å². The molecule has 0 aromatic carbocycles. The SMILES string of the molecule is C[C@@H]1Cn2nc(CO)cc2CN1C(=O)CCCl. The minimum Gasteiger partial charge on any atom is -0.390 e. The first-order valence-corrected chi connectivity index (χ1v) is 6.21. The summed E-state index contributed by atoms with van der Waals surface area (Å²) >= 11 is 5.59. The largest absolute Gasteiger partial charge is 0.390 e. The minimum atomic E-state index is -0.0655. The van der Waals surface area contributed by atoms with Crippen LogP contribution < -0.4 is 0 Å². The molecule has 94 valence electrons. The molecule has 2 rings (SSSR count). The fourth-order valence-electron chi connectivity index (χ4n) is 2.12. The molecule has 1 aliphatic heterocycles. The lowest BCUT2D eigenvalue weighted by atomic mass is 10.2. The average Bonchev–Trinajstić information content (AvgIpc) is 2.70. The highest BCUT2D eigenvalue weighted by atomic mass is 35.5. The second-order valence-corrected chi connectivity index (χ2v) is 4.65. The van der Waals surface area contributed by atoms with Crippen molar-refractivity contribution in [1.29, 1.82) is 0 Å². The summed E-state index contributed by atoms with van der Waals surface area (Å²) in [6.07, 6.45) is 0.368. The van der Waals surface area contributed by atoms with Crippen molar-refractivity contribution < 1.29 is 9.90 Å². The molecule has 0 aliphatic carbocycles. The Bertz CT molecular complexity index is 419. The highest BCUT2D eigenvalue weighted by Crippen LogP contribution is 2.19. The zero-order valence-corrected chi connectivity index (χ0v) is 10.5. The summed E-state index contributed by atoms with van der Waals surface area (Å²) in [5.41, 5.74) is 1.62. The van der Waals surface area contributed by atoms with Crippen LogP contribution in [0.1, 0.15) is 24.7 Å². The van der Waals surface area contributed by atoms with Crippen LogP contribution in [0.15, 0.2) is 6.07 Å². The van der Waals surface area contributed by atoms with Crippen LogP contribution in [0.5, 0.6) is 0 Å². The maximum absolute atomic E-state index is 11.9. The van der Waals surface area contributed by atoms with E-state index in [0.717, 1.165) is 5.69 Å². The van der Waals surface area contributed by atoms with Crippen LogP contribution in [-0.2, 0) is 24.5 Å². The lowest BCUT2D eigenvalue weighted by molar-refractivity contribution is -0.134. The van der Waals surface area contributed by atoms with Crippen molar-refractivity contribution in [2.45, 2.75) is 39.1 Å². The summed E-state index contributed by atoms with van der Waals surface area (Å²) in [6, 6.07) is 1.96. The Labute approximate surface area is 105 Å². The van der Waals surface area contributed by atoms with E-state index in [1.165, 1.54) is 0 Å². The molecule has 0 saturated carbocycles. The van der Waals surface area contributed by atoms with Crippen LogP contribution >= 0.6 is 11.6 Å². The molecule has 0 spiro atoms. The molecule has 6 heteroatoms. The standard InChI is InChI=1S/C11H16ClN3O2/c1-8-5-15-10(4-9(7-16)13-15)6-14(8)11(17)2-3-12/h4,8,16H,2-3,5-7H2,1H3/t8-/m1/s1. The number of alkyl halides is 1. The second-order valence-electron chi connectivity index (χ2n) is 4.28. The first-order chi connectivity index (χ1) is 8.15. The van der Waals surface area contributed by atoms with Crippen LogP contribution in [0.3, 0.4) is 0 Å². The van der Waals surface area contributed by atoms with Crippen LogP contribution in [-0.4, -0.2) is 37.6 Å². The lowest BCUT2D eigenvalue weighted by Gasteiger charge is -2.33. The molecular weight excluding hydrogens is 242 g/mol. The Kier molecular flexibility index (Phi) is 3.69. The normalized spacial score (nSPS) is 19.2. The Balaban J connectivity index is 2.17. The molecule has 0 radical (unpaired) electrons. The summed E-state index contributed by atoms with van der Waals surface area (Å²) in [5, 5.41) is 13.3. The zero-order chi connectivity index (χ0) is 12.4. The van der Waals surface area contributed by atoms with Crippen molar-refractivity contribution in [3.8, 4) is 0 Å². The number of rotatable bonds is 3. The number of hydrogen-bond acceptors (Lipinski definition) is 3. The molecule has 0 saturated heterocycles. The van der Waals surface area contributed by atoms with E-state index >= 15 is 0 Å². The van der Waals surface area contributed by atoms with Gasteiger partial charge in [0.2, 0.25) is 5.91 Å². The van der Waals surface area contributed by atoms with Gasteiger partial charge in [0.25, 0.3) is 0 Å². The first kappa shape index (κ1) is 12.4. The summed E-state index contributed by atoms with van der Waals surface area (Å²) in [5.74, 6) is 0.425. The zero-order valence-electron chi connectivity index (χ0n) is 9.77. The van der Waals surface area contributed by atoms with Gasteiger partial charge in [-0.05, 0) is 13.0 Å². The molecule has 1 N–H and O–H groups in total. The molecule has 1 aromatic heterocycles. The topological polar surface area (TPSA) is 58.4 Å². The highest BCUT2D eigenvalue weighted by Gasteiger charge is 2.27. The van der Waals surface area contributed by atoms with E-state index in [9.17, 15) is 4.79 Å². The minimum absolute atomic E-state index is 0.0655. The number of halogens is 1. The van der Waals surface area contributed by atoms with Crippen molar-refractivity contribution in [2.24, 2.45) is 0 Å². The molecule has 5 nitrogen and oxygen atoms in total. The van der Waals surface area contributed by atoms with E-state index in [-0.39, 0.29) is 18.6 Å².